The van der Waals surface area contributed by atoms with Crippen molar-refractivity contribution in [1.82, 2.24) is 4.98 Å². The summed E-state index contributed by atoms with van der Waals surface area (Å²) in [7, 11) is 0. The maximum atomic E-state index is 5.42. The number of aryl methyl sites for hydroxylation is 1. The lowest BCUT2D eigenvalue weighted by atomic mass is 9.95. The quantitative estimate of drug-likeness (QED) is 0.647. The molecule has 0 unspecified atom stereocenters. The third-order valence-electron chi connectivity index (χ3n) is 2.89. The van der Waals surface area contributed by atoms with Crippen molar-refractivity contribution < 1.29 is 0 Å². The number of H-pyrrole nitrogens is 1. The van der Waals surface area contributed by atoms with Crippen LogP contribution in [-0.4, -0.2) is 9.85 Å². The third kappa shape index (κ3) is 1.04. The molecule has 1 N–H and O–H groups in total. The molecule has 0 fully saturated rings. The molecule has 1 aliphatic carbocycles. The van der Waals surface area contributed by atoms with Crippen LogP contribution in [0, 0.1) is 0 Å². The van der Waals surface area contributed by atoms with Crippen molar-refractivity contribution in [3.05, 3.63) is 35.5 Å². The van der Waals surface area contributed by atoms with Crippen LogP contribution in [0.15, 0.2) is 24.3 Å². The molecule has 0 saturated heterocycles. The van der Waals surface area contributed by atoms with Crippen molar-refractivity contribution in [2.75, 3.05) is 0 Å². The summed E-state index contributed by atoms with van der Waals surface area (Å²) < 4.78 is 0. The zero-order chi connectivity index (χ0) is 9.54. The smallest absolute Gasteiger partial charge is 0.0462 e. The molecular weight excluding hydrogens is 190 g/mol. The van der Waals surface area contributed by atoms with Gasteiger partial charge in [-0.3, -0.25) is 0 Å². The second-order valence-electron chi connectivity index (χ2n) is 3.80. The Bertz CT molecular complexity index is 510. The Morgan fingerprint density at radius 2 is 2.00 bits per heavy atom. The van der Waals surface area contributed by atoms with Crippen molar-refractivity contribution in [3.8, 4) is 0 Å². The number of hydrogen-bond donors (Lipinski definition) is 1. The van der Waals surface area contributed by atoms with Gasteiger partial charge in [0.15, 0.2) is 0 Å². The molecule has 0 spiro atoms. The Balaban J connectivity index is 2.39. The Labute approximate surface area is 88.1 Å². The third-order valence-corrected chi connectivity index (χ3v) is 3.30. The minimum absolute atomic E-state index is 1.07. The van der Waals surface area contributed by atoms with E-state index in [1.807, 2.05) is 0 Å². The predicted octanol–water partition coefficient (Wildman–Crippen LogP) is 3.22. The first-order valence-electron chi connectivity index (χ1n) is 4.99. The molecule has 0 amide bonds. The van der Waals surface area contributed by atoms with Crippen molar-refractivity contribution in [1.29, 1.82) is 0 Å². The monoisotopic (exact) mass is 201 g/mol. The summed E-state index contributed by atoms with van der Waals surface area (Å²) in [5.41, 5.74) is 3.87. The molecule has 2 aromatic rings. The summed E-state index contributed by atoms with van der Waals surface area (Å²) >= 11 is 5.42. The van der Waals surface area contributed by atoms with Gasteiger partial charge >= 0.3 is 0 Å². The van der Waals surface area contributed by atoms with Crippen LogP contribution in [0.2, 0.25) is 0 Å². The molecule has 0 radical (unpaired) electrons. The van der Waals surface area contributed by atoms with Gasteiger partial charge in [-0.15, -0.1) is 0 Å². The van der Waals surface area contributed by atoms with Crippen molar-refractivity contribution in [3.63, 3.8) is 0 Å². The summed E-state index contributed by atoms with van der Waals surface area (Å²) in [5, 5.41) is 1.30. The highest BCUT2D eigenvalue weighted by atomic mass is 32.1. The van der Waals surface area contributed by atoms with Crippen LogP contribution in [0.4, 0.5) is 0 Å². The van der Waals surface area contributed by atoms with Crippen molar-refractivity contribution in [2.45, 2.75) is 19.3 Å². The first kappa shape index (κ1) is 8.18. The zero-order valence-corrected chi connectivity index (χ0v) is 8.66. The maximum Gasteiger partial charge on any atom is 0.0462 e. The Kier molecular flexibility index (Phi) is 1.71. The summed E-state index contributed by atoms with van der Waals surface area (Å²) in [4.78, 5) is 4.59. The van der Waals surface area contributed by atoms with Gasteiger partial charge in [-0.05, 0) is 25.3 Å². The Morgan fingerprint density at radius 1 is 1.14 bits per heavy atom. The van der Waals surface area contributed by atoms with Gasteiger partial charge in [0.25, 0.3) is 0 Å². The lowest BCUT2D eigenvalue weighted by molar-refractivity contribution is 0.829. The number of para-hydroxylation sites is 1. The van der Waals surface area contributed by atoms with E-state index in [9.17, 15) is 0 Å². The molecule has 3 rings (SSSR count). The van der Waals surface area contributed by atoms with Crippen LogP contribution >= 0.6 is 12.2 Å². The molecule has 1 aromatic heterocycles. The first-order valence-corrected chi connectivity index (χ1v) is 5.40. The van der Waals surface area contributed by atoms with Crippen LogP contribution in [0.3, 0.4) is 0 Å². The molecule has 0 atom stereocenters. The maximum absolute atomic E-state index is 5.42. The van der Waals surface area contributed by atoms with Crippen LogP contribution < -0.4 is 0 Å². The average molecular weight is 201 g/mol. The van der Waals surface area contributed by atoms with Crippen molar-refractivity contribution in [2.24, 2.45) is 0 Å². The fourth-order valence-electron chi connectivity index (χ4n) is 2.25. The minimum atomic E-state index is 1.07. The highest BCUT2D eigenvalue weighted by Crippen LogP contribution is 2.29. The number of rotatable bonds is 0. The van der Waals surface area contributed by atoms with E-state index in [4.69, 9.17) is 12.2 Å². The van der Waals surface area contributed by atoms with E-state index < -0.39 is 0 Å². The Hall–Kier alpha value is -1.15. The van der Waals surface area contributed by atoms with E-state index in [-0.39, 0.29) is 0 Å². The number of aromatic amines is 1. The van der Waals surface area contributed by atoms with Crippen molar-refractivity contribution >= 4 is 28.0 Å². The van der Waals surface area contributed by atoms with E-state index in [1.54, 1.807) is 0 Å². The molecule has 1 heterocycles. The second-order valence-corrected chi connectivity index (χ2v) is 4.29. The average Bonchev–Trinajstić information content (AvgIpc) is 2.57. The van der Waals surface area contributed by atoms with Gasteiger partial charge in [-0.1, -0.05) is 30.4 Å². The summed E-state index contributed by atoms with van der Waals surface area (Å²) in [6, 6.07) is 8.42. The highest BCUT2D eigenvalue weighted by molar-refractivity contribution is 7.80. The van der Waals surface area contributed by atoms with E-state index in [0.29, 0.717) is 0 Å². The number of nitrogens with one attached hydrogen (secondary N) is 1. The normalized spacial score (nSPS) is 15.9. The van der Waals surface area contributed by atoms with Crippen LogP contribution in [0.5, 0.6) is 0 Å². The molecular formula is C12H11NS. The topological polar surface area (TPSA) is 15.8 Å². The minimum Gasteiger partial charge on any atom is -0.358 e. The fourth-order valence-corrected chi connectivity index (χ4v) is 2.63. The lowest BCUT2D eigenvalue weighted by Crippen LogP contribution is -2.07. The molecule has 1 aliphatic rings. The Morgan fingerprint density at radius 3 is 2.93 bits per heavy atom. The molecule has 14 heavy (non-hydrogen) atoms. The summed E-state index contributed by atoms with van der Waals surface area (Å²) in [5.74, 6) is 0. The molecule has 1 aromatic carbocycles. The molecule has 1 nitrogen and oxygen atoms in total. The van der Waals surface area contributed by atoms with E-state index in [2.05, 4.69) is 29.2 Å². The van der Waals surface area contributed by atoms with Gasteiger partial charge in [0.2, 0.25) is 0 Å². The van der Waals surface area contributed by atoms with Gasteiger partial charge < -0.3 is 4.98 Å². The van der Waals surface area contributed by atoms with Crippen LogP contribution in [0.25, 0.3) is 10.9 Å². The predicted molar refractivity (Wildman–Crippen MR) is 62.9 cm³/mol. The summed E-state index contributed by atoms with van der Waals surface area (Å²) in [6.45, 7) is 0. The molecule has 0 saturated carbocycles. The molecule has 0 bridgehead atoms. The van der Waals surface area contributed by atoms with Gasteiger partial charge in [0, 0.05) is 27.0 Å². The SMILES string of the molecule is S=C1CCCc2[nH]c3ccccc3c21. The largest absolute Gasteiger partial charge is 0.358 e. The number of hydrogen-bond acceptors (Lipinski definition) is 1. The zero-order valence-electron chi connectivity index (χ0n) is 7.84. The number of thiocarbonyl (C=S) groups is 1. The highest BCUT2D eigenvalue weighted by Gasteiger charge is 2.18. The fraction of sp³-hybridized carbons (Fsp3) is 0.250. The van der Waals surface area contributed by atoms with Crippen LogP contribution in [0.1, 0.15) is 24.1 Å². The standard InChI is InChI=1S/C12H11NS/c14-11-7-3-6-10-12(11)8-4-1-2-5-9(8)13-10/h1-2,4-5,13H,3,6-7H2. The van der Waals surface area contributed by atoms with E-state index in [0.717, 1.165) is 17.7 Å². The van der Waals surface area contributed by atoms with E-state index in [1.165, 1.54) is 28.6 Å². The molecule has 70 valence electrons. The number of aromatic nitrogens is 1. The molecule has 0 aliphatic heterocycles. The number of fused-ring (bicyclic) bond motifs is 3. The first-order chi connectivity index (χ1) is 6.86. The number of benzene rings is 1. The second kappa shape index (κ2) is 2.92. The summed E-state index contributed by atoms with van der Waals surface area (Å²) in [6.07, 6.45) is 3.41. The van der Waals surface area contributed by atoms with Gasteiger partial charge in [0.1, 0.15) is 0 Å². The van der Waals surface area contributed by atoms with E-state index >= 15 is 0 Å². The molecule has 2 heteroatoms. The van der Waals surface area contributed by atoms with Crippen LogP contribution in [-0.2, 0) is 6.42 Å². The van der Waals surface area contributed by atoms with Gasteiger partial charge in [-0.2, -0.15) is 0 Å². The van der Waals surface area contributed by atoms with Gasteiger partial charge in [0.05, 0.1) is 0 Å². The van der Waals surface area contributed by atoms with Gasteiger partial charge in [-0.25, -0.2) is 0 Å². The lowest BCUT2D eigenvalue weighted by Gasteiger charge is -2.11.